The number of ether oxygens (including phenoxy) is 1. The minimum atomic E-state index is -0.294. The molecule has 9 atom stereocenters. The third-order valence-corrected chi connectivity index (χ3v) is 18.5. The number of pyridine rings is 2. The SMILES string of the molecule is C=C(C)C1CCC2(N(CC(=O)c3ccccn3)c3nc(-c4ccccn4)cs3)CCC3(C)C(CCC4C5(C)CC=C(c6ccc(C(=O)OC)cc6)C(C)(C)C5CCC43C)C12. The number of thiazole rings is 1. The summed E-state index contributed by atoms with van der Waals surface area (Å²) in [6.07, 6.45) is 16.3. The van der Waals surface area contributed by atoms with Crippen LogP contribution in [0.4, 0.5) is 5.13 Å². The molecule has 0 bridgehead atoms. The summed E-state index contributed by atoms with van der Waals surface area (Å²) < 4.78 is 5.00. The number of anilines is 1. The van der Waals surface area contributed by atoms with Crippen LogP contribution in [0.15, 0.2) is 96.7 Å². The third kappa shape index (κ3) is 6.12. The average Bonchev–Trinajstić information content (AvgIpc) is 3.90. The van der Waals surface area contributed by atoms with Crippen LogP contribution in [0.3, 0.4) is 0 Å². The van der Waals surface area contributed by atoms with Gasteiger partial charge in [-0.15, -0.1) is 11.3 Å². The fraction of sp³-hybridized carbons (Fsp3) is 0.519. The summed E-state index contributed by atoms with van der Waals surface area (Å²) in [4.78, 5) is 43.5. The highest BCUT2D eigenvalue weighted by molar-refractivity contribution is 7.14. The van der Waals surface area contributed by atoms with Crippen molar-refractivity contribution < 1.29 is 14.3 Å². The number of fused-ring (bicyclic) bond motifs is 7. The standard InChI is InChI=1S/C52H62N4O3S/c1-33(2)36-21-26-52(56(31-42(57)40-14-10-12-30-54-40)47-55-41(32-60-47)39-13-9-11-29-53-39)28-27-50(6)38(45(36)52)19-20-44-49(5)24-22-37(34-15-17-35(18-16-34)46(58)59-8)48(3,4)43(49)23-25-51(44,50)7/h9-18,22,29-30,32,36,38,43-45H,1,19-21,23-28,31H2,2-8H3. The molecule has 8 heteroatoms. The van der Waals surface area contributed by atoms with Crippen LogP contribution in [0.5, 0.6) is 0 Å². The van der Waals surface area contributed by atoms with Crippen LogP contribution in [0.2, 0.25) is 0 Å². The van der Waals surface area contributed by atoms with E-state index in [0.717, 1.165) is 48.6 Å². The summed E-state index contributed by atoms with van der Waals surface area (Å²) >= 11 is 1.65. The first-order valence-electron chi connectivity index (χ1n) is 22.3. The van der Waals surface area contributed by atoms with Gasteiger partial charge in [0.15, 0.2) is 10.9 Å². The summed E-state index contributed by atoms with van der Waals surface area (Å²) in [6.45, 7) is 20.2. The molecule has 5 aliphatic rings. The van der Waals surface area contributed by atoms with Crippen molar-refractivity contribution in [2.45, 2.75) is 105 Å². The highest BCUT2D eigenvalue weighted by Gasteiger charge is 2.71. The van der Waals surface area contributed by atoms with E-state index in [0.29, 0.717) is 40.8 Å². The number of hydrogen-bond acceptors (Lipinski definition) is 8. The lowest BCUT2D eigenvalue weighted by molar-refractivity contribution is -0.217. The molecule has 4 fully saturated rings. The molecule has 4 aromatic rings. The van der Waals surface area contributed by atoms with Gasteiger partial charge in [-0.1, -0.05) is 77.1 Å². The number of allylic oxidation sites excluding steroid dienone is 3. The quantitative estimate of drug-likeness (QED) is 0.0944. The number of carbonyl (C=O) groups excluding carboxylic acids is 2. The second-order valence-electron chi connectivity index (χ2n) is 20.4. The zero-order chi connectivity index (χ0) is 42.2. The van der Waals surface area contributed by atoms with E-state index in [1.165, 1.54) is 49.5 Å². The van der Waals surface area contributed by atoms with Gasteiger partial charge in [0.25, 0.3) is 0 Å². The molecule has 60 heavy (non-hydrogen) atoms. The van der Waals surface area contributed by atoms with E-state index >= 15 is 0 Å². The maximum atomic E-state index is 14.3. The zero-order valence-electron chi connectivity index (χ0n) is 36.7. The van der Waals surface area contributed by atoms with Crippen molar-refractivity contribution in [2.75, 3.05) is 18.6 Å². The molecule has 0 amide bonds. The first-order chi connectivity index (χ1) is 28.7. The number of methoxy groups -OCH3 is 1. The van der Waals surface area contributed by atoms with Crippen molar-refractivity contribution in [1.29, 1.82) is 0 Å². The molecule has 9 unspecified atom stereocenters. The Kier molecular flexibility index (Phi) is 10.2. The lowest BCUT2D eigenvalue weighted by Crippen LogP contribution is -2.68. The summed E-state index contributed by atoms with van der Waals surface area (Å²) in [6, 6.07) is 19.7. The molecule has 0 N–H and O–H groups in total. The first kappa shape index (κ1) is 40.9. The number of ketones is 1. The molecular formula is C52H62N4O3S. The summed E-state index contributed by atoms with van der Waals surface area (Å²) in [5.41, 5.74) is 6.95. The number of carbonyl (C=O) groups is 2. The second-order valence-corrected chi connectivity index (χ2v) is 21.2. The van der Waals surface area contributed by atoms with Crippen LogP contribution in [-0.2, 0) is 4.74 Å². The fourth-order valence-electron chi connectivity index (χ4n) is 14.8. The van der Waals surface area contributed by atoms with Crippen molar-refractivity contribution in [1.82, 2.24) is 15.0 Å². The number of Topliss-reactive ketones (excluding diaryl/α,β-unsaturated/α-hetero) is 1. The van der Waals surface area contributed by atoms with Crippen LogP contribution >= 0.6 is 11.3 Å². The second kappa shape index (κ2) is 14.9. The van der Waals surface area contributed by atoms with E-state index in [1.54, 1.807) is 17.5 Å². The topological polar surface area (TPSA) is 85.3 Å². The Balaban J connectivity index is 1.08. The van der Waals surface area contributed by atoms with Crippen molar-refractivity contribution in [3.8, 4) is 11.4 Å². The van der Waals surface area contributed by atoms with Crippen LogP contribution < -0.4 is 4.90 Å². The van der Waals surface area contributed by atoms with Crippen molar-refractivity contribution in [3.05, 3.63) is 113 Å². The van der Waals surface area contributed by atoms with Gasteiger partial charge in [0.1, 0.15) is 11.4 Å². The molecule has 0 saturated heterocycles. The lowest BCUT2D eigenvalue weighted by Gasteiger charge is -2.73. The van der Waals surface area contributed by atoms with Gasteiger partial charge in [0.2, 0.25) is 0 Å². The van der Waals surface area contributed by atoms with E-state index in [-0.39, 0.29) is 45.5 Å². The van der Waals surface area contributed by atoms with Gasteiger partial charge in [-0.25, -0.2) is 9.78 Å². The highest BCUT2D eigenvalue weighted by atomic mass is 32.1. The maximum Gasteiger partial charge on any atom is 0.337 e. The minimum absolute atomic E-state index is 0.0143. The van der Waals surface area contributed by atoms with Crippen molar-refractivity contribution >= 4 is 33.8 Å². The average molecular weight is 823 g/mol. The molecule has 3 heterocycles. The van der Waals surface area contributed by atoms with Crippen LogP contribution in [-0.4, -0.2) is 45.9 Å². The molecule has 0 aliphatic heterocycles. The Hall–Kier alpha value is -4.43. The first-order valence-corrected chi connectivity index (χ1v) is 23.2. The van der Waals surface area contributed by atoms with E-state index < -0.39 is 0 Å². The van der Waals surface area contributed by atoms with Gasteiger partial charge in [0.05, 0.1) is 24.9 Å². The third-order valence-electron chi connectivity index (χ3n) is 17.7. The van der Waals surface area contributed by atoms with Gasteiger partial charge < -0.3 is 9.64 Å². The molecule has 9 rings (SSSR count). The Morgan fingerprint density at radius 1 is 0.833 bits per heavy atom. The van der Waals surface area contributed by atoms with Crippen molar-refractivity contribution in [3.63, 3.8) is 0 Å². The van der Waals surface area contributed by atoms with Gasteiger partial charge in [-0.05, 0) is 163 Å². The van der Waals surface area contributed by atoms with E-state index in [1.807, 2.05) is 54.7 Å². The molecular weight excluding hydrogens is 761 g/mol. The molecule has 0 radical (unpaired) electrons. The highest BCUT2D eigenvalue weighted by Crippen LogP contribution is 2.77. The predicted molar refractivity (Wildman–Crippen MR) is 242 cm³/mol. The van der Waals surface area contributed by atoms with Crippen LogP contribution in [0.25, 0.3) is 17.0 Å². The molecule has 3 aromatic heterocycles. The molecule has 0 spiro atoms. The lowest BCUT2D eigenvalue weighted by atomic mass is 9.33. The number of benzene rings is 1. The number of esters is 1. The van der Waals surface area contributed by atoms with E-state index in [4.69, 9.17) is 9.72 Å². The van der Waals surface area contributed by atoms with E-state index in [9.17, 15) is 9.59 Å². The number of hydrogen-bond donors (Lipinski definition) is 0. The van der Waals surface area contributed by atoms with Crippen LogP contribution in [0.1, 0.15) is 126 Å². The predicted octanol–water partition coefficient (Wildman–Crippen LogP) is 12.2. The minimum Gasteiger partial charge on any atom is -0.465 e. The fourth-order valence-corrected chi connectivity index (χ4v) is 15.7. The monoisotopic (exact) mass is 822 g/mol. The Morgan fingerprint density at radius 3 is 2.27 bits per heavy atom. The molecule has 314 valence electrons. The number of aromatic nitrogens is 3. The van der Waals surface area contributed by atoms with Crippen LogP contribution in [0, 0.1) is 51.2 Å². The molecule has 4 saturated carbocycles. The zero-order valence-corrected chi connectivity index (χ0v) is 37.5. The summed E-state index contributed by atoms with van der Waals surface area (Å²) in [5, 5.41) is 3.03. The molecule has 1 aromatic carbocycles. The number of nitrogens with zero attached hydrogens (tertiary/aromatic N) is 4. The largest absolute Gasteiger partial charge is 0.465 e. The Labute approximate surface area is 361 Å². The number of rotatable bonds is 9. The van der Waals surface area contributed by atoms with Gasteiger partial charge >= 0.3 is 5.97 Å². The Morgan fingerprint density at radius 2 is 1.58 bits per heavy atom. The Bertz CT molecular complexity index is 2320. The molecule has 7 nitrogen and oxygen atoms in total. The van der Waals surface area contributed by atoms with Gasteiger partial charge in [-0.3, -0.25) is 14.8 Å². The summed E-state index contributed by atoms with van der Waals surface area (Å²) in [5.74, 6) is 2.13. The normalized spacial score (nSPS) is 33.9. The smallest absolute Gasteiger partial charge is 0.337 e. The molecule has 5 aliphatic carbocycles. The van der Waals surface area contributed by atoms with Crippen molar-refractivity contribution in [2.24, 2.45) is 51.2 Å². The van der Waals surface area contributed by atoms with Gasteiger partial charge in [0, 0.05) is 23.3 Å². The van der Waals surface area contributed by atoms with Gasteiger partial charge in [-0.2, -0.15) is 0 Å². The van der Waals surface area contributed by atoms with E-state index in [2.05, 4.69) is 86.6 Å². The summed E-state index contributed by atoms with van der Waals surface area (Å²) in [7, 11) is 1.44. The maximum absolute atomic E-state index is 14.3.